The highest BCUT2D eigenvalue weighted by atomic mass is 35.5. The molecule has 0 spiro atoms. The molecule has 7 nitrogen and oxygen atoms in total. The van der Waals surface area contributed by atoms with Crippen LogP contribution >= 0.6 is 11.6 Å². The molecule has 8 heteroatoms. The number of aliphatic hydroxyl groups excluding tert-OH is 2. The molecular weight excluding hydrogens is 252 g/mol. The average Bonchev–Trinajstić information content (AvgIpc) is 2.57. The fourth-order valence-electron chi connectivity index (χ4n) is 1.92. The summed E-state index contributed by atoms with van der Waals surface area (Å²) in [6, 6.07) is -0.595. The number of alkyl halides is 1. The van der Waals surface area contributed by atoms with Gasteiger partial charge < -0.3 is 14.9 Å². The summed E-state index contributed by atoms with van der Waals surface area (Å²) in [7, 11) is 0. The summed E-state index contributed by atoms with van der Waals surface area (Å²) in [5.74, 6) is -0.352. The maximum Gasteiger partial charge on any atom is 0.326 e. The first-order valence-electron chi connectivity index (χ1n) is 5.23. The highest BCUT2D eigenvalue weighted by molar-refractivity contribution is 6.21. The third-order valence-electron chi connectivity index (χ3n) is 2.87. The predicted molar refractivity (Wildman–Crippen MR) is 56.3 cm³/mol. The maximum absolute atomic E-state index is 11.6. The molecule has 2 saturated heterocycles. The van der Waals surface area contributed by atoms with Crippen LogP contribution in [-0.4, -0.2) is 64.0 Å². The molecule has 2 aliphatic heterocycles. The zero-order valence-electron chi connectivity index (χ0n) is 8.88. The van der Waals surface area contributed by atoms with Crippen molar-refractivity contribution >= 4 is 23.5 Å². The Kier molecular flexibility index (Phi) is 3.53. The van der Waals surface area contributed by atoms with Crippen molar-refractivity contribution in [2.24, 2.45) is 0 Å². The molecule has 0 aliphatic carbocycles. The van der Waals surface area contributed by atoms with Gasteiger partial charge in [-0.05, 0) is 0 Å². The number of nitrogens with one attached hydrogen (secondary N) is 1. The number of carbonyl (C=O) groups is 2. The summed E-state index contributed by atoms with van der Waals surface area (Å²) in [4.78, 5) is 23.8. The number of hydrogen-bond acceptors (Lipinski definition) is 5. The summed E-state index contributed by atoms with van der Waals surface area (Å²) in [6.07, 6.45) is -2.53. The summed E-state index contributed by atoms with van der Waals surface area (Å²) in [6.45, 7) is -0.196. The van der Waals surface area contributed by atoms with E-state index in [0.717, 1.165) is 0 Å². The molecule has 0 bridgehead atoms. The number of hydrogen-bond donors (Lipinski definition) is 3. The van der Waals surface area contributed by atoms with E-state index in [2.05, 4.69) is 5.32 Å². The highest BCUT2D eigenvalue weighted by Crippen LogP contribution is 2.29. The average molecular weight is 265 g/mol. The van der Waals surface area contributed by atoms with Crippen LogP contribution < -0.4 is 5.32 Å². The standard InChI is InChI=1S/C9H13ClN2O5/c10-6-7(15)4(3-13)17-8(6)12-2-1-5(14)11-9(12)16/h4,6-8,13,15H,1-3H2,(H,11,14,16)/t4-,6-,7-,8-/m1/s1. The Morgan fingerprint density at radius 2 is 2.24 bits per heavy atom. The number of urea groups is 1. The topological polar surface area (TPSA) is 99.1 Å². The molecule has 0 aromatic carbocycles. The maximum atomic E-state index is 11.6. The van der Waals surface area contributed by atoms with Crippen LogP contribution in [0.1, 0.15) is 6.42 Å². The molecule has 2 heterocycles. The summed E-state index contributed by atoms with van der Waals surface area (Å²) < 4.78 is 5.30. The Labute approximate surface area is 102 Å². The van der Waals surface area contributed by atoms with Crippen LogP contribution in [0.15, 0.2) is 0 Å². The van der Waals surface area contributed by atoms with Crippen molar-refractivity contribution in [2.75, 3.05) is 13.2 Å². The minimum absolute atomic E-state index is 0.162. The van der Waals surface area contributed by atoms with Crippen molar-refractivity contribution in [1.29, 1.82) is 0 Å². The monoisotopic (exact) mass is 264 g/mol. The van der Waals surface area contributed by atoms with Gasteiger partial charge in [-0.25, -0.2) is 4.79 Å². The van der Waals surface area contributed by atoms with E-state index in [4.69, 9.17) is 21.4 Å². The lowest BCUT2D eigenvalue weighted by molar-refractivity contribution is -0.123. The van der Waals surface area contributed by atoms with Crippen molar-refractivity contribution in [1.82, 2.24) is 10.2 Å². The predicted octanol–water partition coefficient (Wildman–Crippen LogP) is -1.39. The number of amides is 3. The van der Waals surface area contributed by atoms with Crippen LogP contribution in [0.4, 0.5) is 4.79 Å². The smallest absolute Gasteiger partial charge is 0.326 e. The van der Waals surface area contributed by atoms with Crippen molar-refractivity contribution in [3.05, 3.63) is 0 Å². The van der Waals surface area contributed by atoms with Crippen molar-refractivity contribution in [2.45, 2.75) is 30.2 Å². The Bertz CT molecular complexity index is 339. The van der Waals surface area contributed by atoms with E-state index in [1.54, 1.807) is 0 Å². The Morgan fingerprint density at radius 3 is 2.76 bits per heavy atom. The van der Waals surface area contributed by atoms with E-state index in [1.165, 1.54) is 4.90 Å². The molecule has 4 atom stereocenters. The van der Waals surface area contributed by atoms with Crippen LogP contribution in [-0.2, 0) is 9.53 Å². The van der Waals surface area contributed by atoms with Gasteiger partial charge in [0.1, 0.15) is 17.6 Å². The molecular formula is C9H13ClN2O5. The van der Waals surface area contributed by atoms with Crippen molar-refractivity contribution in [3.8, 4) is 0 Å². The fourth-order valence-corrected chi connectivity index (χ4v) is 2.28. The summed E-state index contributed by atoms with van der Waals surface area (Å²) in [5, 5.41) is 19.9. The lowest BCUT2D eigenvalue weighted by atomic mass is 10.1. The fraction of sp³-hybridized carbons (Fsp3) is 0.778. The number of ether oxygens (including phenoxy) is 1. The van der Waals surface area contributed by atoms with Gasteiger partial charge in [-0.15, -0.1) is 11.6 Å². The number of aliphatic hydroxyl groups is 2. The molecule has 2 rings (SSSR count). The second-order valence-corrected chi connectivity index (χ2v) is 4.48. The van der Waals surface area contributed by atoms with Gasteiger partial charge in [0.25, 0.3) is 0 Å². The number of halogens is 1. The van der Waals surface area contributed by atoms with Gasteiger partial charge in [0.05, 0.1) is 6.61 Å². The lowest BCUT2D eigenvalue weighted by Gasteiger charge is -2.32. The highest BCUT2D eigenvalue weighted by Gasteiger charge is 2.47. The minimum Gasteiger partial charge on any atom is -0.394 e. The van der Waals surface area contributed by atoms with Crippen LogP contribution in [0.25, 0.3) is 0 Å². The van der Waals surface area contributed by atoms with Crippen LogP contribution in [0.3, 0.4) is 0 Å². The molecule has 0 radical (unpaired) electrons. The van der Waals surface area contributed by atoms with Crippen LogP contribution in [0.5, 0.6) is 0 Å². The third-order valence-corrected chi connectivity index (χ3v) is 3.34. The Hall–Kier alpha value is -0.890. The molecule has 17 heavy (non-hydrogen) atoms. The second-order valence-electron chi connectivity index (χ2n) is 3.98. The van der Waals surface area contributed by atoms with Gasteiger partial charge in [0.2, 0.25) is 5.91 Å². The van der Waals surface area contributed by atoms with Gasteiger partial charge >= 0.3 is 6.03 Å². The first-order chi connectivity index (χ1) is 8.04. The van der Waals surface area contributed by atoms with E-state index in [-0.39, 0.29) is 25.5 Å². The molecule has 0 aromatic rings. The number of nitrogens with zero attached hydrogens (tertiary/aromatic N) is 1. The number of imide groups is 1. The normalized spacial score (nSPS) is 38.4. The first-order valence-corrected chi connectivity index (χ1v) is 5.67. The molecule has 0 saturated carbocycles. The Morgan fingerprint density at radius 1 is 1.53 bits per heavy atom. The summed E-state index contributed by atoms with van der Waals surface area (Å²) >= 11 is 5.94. The lowest BCUT2D eigenvalue weighted by Crippen LogP contribution is -2.55. The van der Waals surface area contributed by atoms with Gasteiger partial charge in [0.15, 0.2) is 6.23 Å². The van der Waals surface area contributed by atoms with Gasteiger partial charge in [-0.2, -0.15) is 0 Å². The van der Waals surface area contributed by atoms with Gasteiger partial charge in [-0.3, -0.25) is 15.0 Å². The minimum atomic E-state index is -1.04. The molecule has 2 fully saturated rings. The first kappa shape index (κ1) is 12.6. The van der Waals surface area contributed by atoms with E-state index in [1.807, 2.05) is 0 Å². The molecule has 0 unspecified atom stereocenters. The number of carbonyl (C=O) groups excluding carboxylic acids is 2. The van der Waals surface area contributed by atoms with E-state index in [0.29, 0.717) is 0 Å². The molecule has 3 amide bonds. The summed E-state index contributed by atoms with van der Waals surface area (Å²) in [5.41, 5.74) is 0. The van der Waals surface area contributed by atoms with E-state index < -0.39 is 29.8 Å². The zero-order chi connectivity index (χ0) is 12.6. The van der Waals surface area contributed by atoms with Gasteiger partial charge in [-0.1, -0.05) is 0 Å². The second kappa shape index (κ2) is 4.77. The molecule has 3 N–H and O–H groups in total. The Balaban J connectivity index is 2.08. The molecule has 0 aromatic heterocycles. The quantitative estimate of drug-likeness (QED) is 0.534. The van der Waals surface area contributed by atoms with Crippen LogP contribution in [0.2, 0.25) is 0 Å². The SMILES string of the molecule is O=C1CCN([C@@H]2O[C@H](CO)[C@@H](O)[C@H]2Cl)C(=O)N1. The molecule has 2 aliphatic rings. The zero-order valence-corrected chi connectivity index (χ0v) is 9.63. The largest absolute Gasteiger partial charge is 0.394 e. The van der Waals surface area contributed by atoms with Crippen molar-refractivity contribution in [3.63, 3.8) is 0 Å². The third kappa shape index (κ3) is 2.23. The van der Waals surface area contributed by atoms with Crippen LogP contribution in [0, 0.1) is 0 Å². The number of rotatable bonds is 2. The van der Waals surface area contributed by atoms with Crippen molar-refractivity contribution < 1.29 is 24.5 Å². The van der Waals surface area contributed by atoms with E-state index >= 15 is 0 Å². The van der Waals surface area contributed by atoms with Gasteiger partial charge in [0, 0.05) is 13.0 Å². The molecule has 96 valence electrons. The van der Waals surface area contributed by atoms with E-state index in [9.17, 15) is 14.7 Å².